The molecule has 2 unspecified atom stereocenters. The quantitative estimate of drug-likeness (QED) is 0.699. The van der Waals surface area contributed by atoms with Crippen molar-refractivity contribution in [2.24, 2.45) is 5.41 Å². The summed E-state index contributed by atoms with van der Waals surface area (Å²) in [6, 6.07) is 10.1. The van der Waals surface area contributed by atoms with Crippen molar-refractivity contribution >= 4 is 10.8 Å². The Balaban J connectivity index is 1.92. The molecular formula is C20H18O. The Labute approximate surface area is 125 Å². The number of rotatable bonds is 0. The zero-order valence-corrected chi connectivity index (χ0v) is 12.2. The van der Waals surface area contributed by atoms with Gasteiger partial charge in [-0.25, -0.2) is 0 Å². The van der Waals surface area contributed by atoms with Crippen molar-refractivity contribution in [1.29, 1.82) is 0 Å². The van der Waals surface area contributed by atoms with Gasteiger partial charge in [-0.1, -0.05) is 37.1 Å². The molecule has 2 aliphatic rings. The predicted molar refractivity (Wildman–Crippen MR) is 86.3 cm³/mol. The zero-order chi connectivity index (χ0) is 14.6. The zero-order valence-electron chi connectivity index (χ0n) is 12.2. The van der Waals surface area contributed by atoms with Gasteiger partial charge in [-0.2, -0.15) is 0 Å². The third-order valence-corrected chi connectivity index (χ3v) is 5.52. The number of hydrogen-bond acceptors (Lipinski definition) is 1. The Hall–Kier alpha value is -2.20. The van der Waals surface area contributed by atoms with Crippen molar-refractivity contribution in [3.05, 3.63) is 53.1 Å². The third kappa shape index (κ3) is 1.59. The SMILES string of the molecule is C#CC1=CCC2c3ccc4cc(O)ccc4c3CCC12C. The molecule has 0 saturated carbocycles. The molecule has 0 amide bonds. The molecule has 0 aromatic heterocycles. The second-order valence-electron chi connectivity index (χ2n) is 6.51. The van der Waals surface area contributed by atoms with Gasteiger partial charge >= 0.3 is 0 Å². The smallest absolute Gasteiger partial charge is 0.116 e. The van der Waals surface area contributed by atoms with Crippen LogP contribution in [0, 0.1) is 17.8 Å². The minimum atomic E-state index is 0.131. The first-order chi connectivity index (χ1) is 10.1. The van der Waals surface area contributed by atoms with E-state index in [4.69, 9.17) is 6.42 Å². The lowest BCUT2D eigenvalue weighted by molar-refractivity contribution is 0.301. The van der Waals surface area contributed by atoms with Crippen LogP contribution in [-0.4, -0.2) is 5.11 Å². The van der Waals surface area contributed by atoms with Gasteiger partial charge in [-0.15, -0.1) is 6.42 Å². The van der Waals surface area contributed by atoms with Gasteiger partial charge in [0, 0.05) is 11.0 Å². The highest BCUT2D eigenvalue weighted by Crippen LogP contribution is 2.56. The second kappa shape index (κ2) is 4.15. The molecule has 2 aromatic rings. The summed E-state index contributed by atoms with van der Waals surface area (Å²) in [6.45, 7) is 2.32. The van der Waals surface area contributed by atoms with Gasteiger partial charge in [0.05, 0.1) is 0 Å². The van der Waals surface area contributed by atoms with Crippen LogP contribution in [0.2, 0.25) is 0 Å². The predicted octanol–water partition coefficient (Wildman–Crippen LogP) is 4.54. The van der Waals surface area contributed by atoms with Crippen LogP contribution in [0.1, 0.15) is 36.8 Å². The highest BCUT2D eigenvalue weighted by molar-refractivity contribution is 5.88. The Kier molecular flexibility index (Phi) is 2.48. The van der Waals surface area contributed by atoms with E-state index in [1.54, 1.807) is 6.07 Å². The standard InChI is InChI=1S/C20H18O/c1-3-14-5-9-19-18-7-4-13-12-15(21)6-8-16(13)17(18)10-11-20(14,19)2/h1,4-8,12,19,21H,9-11H2,2H3. The molecule has 0 radical (unpaired) electrons. The summed E-state index contributed by atoms with van der Waals surface area (Å²) >= 11 is 0. The maximum Gasteiger partial charge on any atom is 0.116 e. The summed E-state index contributed by atoms with van der Waals surface area (Å²) in [4.78, 5) is 0. The Bertz CT molecular complexity index is 822. The molecule has 104 valence electrons. The van der Waals surface area contributed by atoms with Gasteiger partial charge in [0.15, 0.2) is 0 Å². The van der Waals surface area contributed by atoms with E-state index >= 15 is 0 Å². The molecule has 0 bridgehead atoms. The van der Waals surface area contributed by atoms with Crippen LogP contribution in [0.25, 0.3) is 10.8 Å². The number of aryl methyl sites for hydroxylation is 1. The van der Waals surface area contributed by atoms with E-state index < -0.39 is 0 Å². The summed E-state index contributed by atoms with van der Waals surface area (Å²) in [5, 5.41) is 12.1. The maximum absolute atomic E-state index is 9.66. The molecule has 0 aliphatic heterocycles. The van der Waals surface area contributed by atoms with E-state index in [0.717, 1.165) is 24.6 Å². The maximum atomic E-state index is 9.66. The molecule has 0 spiro atoms. The van der Waals surface area contributed by atoms with Crippen LogP contribution in [0.5, 0.6) is 5.75 Å². The van der Waals surface area contributed by atoms with Gasteiger partial charge < -0.3 is 5.11 Å². The Morgan fingerprint density at radius 2 is 2.14 bits per heavy atom. The first-order valence-electron chi connectivity index (χ1n) is 7.55. The van der Waals surface area contributed by atoms with Crippen molar-refractivity contribution in [3.63, 3.8) is 0 Å². The number of hydrogen-bond donors (Lipinski definition) is 1. The van der Waals surface area contributed by atoms with E-state index in [2.05, 4.69) is 37.1 Å². The number of allylic oxidation sites excluding steroid dienone is 2. The summed E-state index contributed by atoms with van der Waals surface area (Å²) in [5.74, 6) is 3.75. The fourth-order valence-corrected chi connectivity index (χ4v) is 4.31. The van der Waals surface area contributed by atoms with Crippen LogP contribution in [0.3, 0.4) is 0 Å². The molecule has 2 aromatic carbocycles. The number of benzene rings is 2. The lowest BCUT2D eigenvalue weighted by atomic mass is 9.64. The van der Waals surface area contributed by atoms with Crippen LogP contribution < -0.4 is 0 Å². The summed E-state index contributed by atoms with van der Waals surface area (Å²) in [5.41, 5.74) is 4.21. The van der Waals surface area contributed by atoms with Crippen LogP contribution in [0.4, 0.5) is 0 Å². The topological polar surface area (TPSA) is 20.2 Å². The van der Waals surface area contributed by atoms with Crippen molar-refractivity contribution in [2.75, 3.05) is 0 Å². The Morgan fingerprint density at radius 3 is 2.95 bits per heavy atom. The number of phenolic OH excluding ortho intramolecular Hbond substituents is 1. The number of aromatic hydroxyl groups is 1. The second-order valence-corrected chi connectivity index (χ2v) is 6.51. The van der Waals surface area contributed by atoms with E-state index in [-0.39, 0.29) is 5.41 Å². The Morgan fingerprint density at radius 1 is 1.29 bits per heavy atom. The minimum Gasteiger partial charge on any atom is -0.508 e. The van der Waals surface area contributed by atoms with Crippen molar-refractivity contribution in [3.8, 4) is 18.1 Å². The minimum absolute atomic E-state index is 0.131. The highest BCUT2D eigenvalue weighted by Gasteiger charge is 2.44. The molecular weight excluding hydrogens is 256 g/mol. The molecule has 1 heteroatoms. The molecule has 2 atom stereocenters. The molecule has 0 heterocycles. The lowest BCUT2D eigenvalue weighted by Gasteiger charge is -2.39. The summed E-state index contributed by atoms with van der Waals surface area (Å²) < 4.78 is 0. The van der Waals surface area contributed by atoms with E-state index in [1.165, 1.54) is 22.1 Å². The van der Waals surface area contributed by atoms with E-state index in [0.29, 0.717) is 11.7 Å². The molecule has 0 saturated heterocycles. The number of terminal acetylenes is 1. The lowest BCUT2D eigenvalue weighted by Crippen LogP contribution is -2.29. The third-order valence-electron chi connectivity index (χ3n) is 5.52. The van der Waals surface area contributed by atoms with Gasteiger partial charge in [0.2, 0.25) is 0 Å². The molecule has 1 N–H and O–H groups in total. The van der Waals surface area contributed by atoms with Gasteiger partial charge in [0.25, 0.3) is 0 Å². The molecule has 0 fully saturated rings. The van der Waals surface area contributed by atoms with Gasteiger partial charge in [-0.3, -0.25) is 0 Å². The summed E-state index contributed by atoms with van der Waals surface area (Å²) in [7, 11) is 0. The average molecular weight is 274 g/mol. The molecule has 21 heavy (non-hydrogen) atoms. The fourth-order valence-electron chi connectivity index (χ4n) is 4.31. The molecule has 2 aliphatic carbocycles. The largest absolute Gasteiger partial charge is 0.508 e. The van der Waals surface area contributed by atoms with E-state index in [9.17, 15) is 5.11 Å². The van der Waals surface area contributed by atoms with Crippen molar-refractivity contribution < 1.29 is 5.11 Å². The van der Waals surface area contributed by atoms with Crippen molar-refractivity contribution in [2.45, 2.75) is 32.1 Å². The monoisotopic (exact) mass is 274 g/mol. The number of fused-ring (bicyclic) bond motifs is 5. The summed E-state index contributed by atoms with van der Waals surface area (Å²) in [6.07, 6.45) is 11.2. The highest BCUT2D eigenvalue weighted by atomic mass is 16.3. The first kappa shape index (κ1) is 12.5. The van der Waals surface area contributed by atoms with Crippen molar-refractivity contribution in [1.82, 2.24) is 0 Å². The normalized spacial score (nSPS) is 26.9. The van der Waals surface area contributed by atoms with Crippen LogP contribution in [0.15, 0.2) is 42.0 Å². The van der Waals surface area contributed by atoms with Crippen LogP contribution in [-0.2, 0) is 6.42 Å². The van der Waals surface area contributed by atoms with Crippen LogP contribution >= 0.6 is 0 Å². The van der Waals surface area contributed by atoms with E-state index in [1.807, 2.05) is 6.07 Å². The van der Waals surface area contributed by atoms with Gasteiger partial charge in [0.1, 0.15) is 5.75 Å². The fraction of sp³-hybridized carbons (Fsp3) is 0.300. The number of phenols is 1. The molecule has 4 rings (SSSR count). The first-order valence-corrected chi connectivity index (χ1v) is 7.55. The molecule has 1 nitrogen and oxygen atoms in total. The van der Waals surface area contributed by atoms with Gasteiger partial charge in [-0.05, 0) is 59.2 Å². The average Bonchev–Trinajstić information content (AvgIpc) is 2.83.